The minimum atomic E-state index is 0.0729. The number of likely N-dealkylation sites (tertiary alicyclic amines) is 2. The van der Waals surface area contributed by atoms with Crippen molar-refractivity contribution < 1.29 is 9.59 Å². The molecule has 27 heavy (non-hydrogen) atoms. The number of hydrogen-bond acceptors (Lipinski definition) is 2. The molecule has 5 nitrogen and oxygen atoms in total. The molecule has 0 spiro atoms. The number of hydrogen-bond donors (Lipinski definition) is 1. The summed E-state index contributed by atoms with van der Waals surface area (Å²) in [5, 5.41) is 2.88. The average Bonchev–Trinajstić information content (AvgIpc) is 3.23. The highest BCUT2D eigenvalue weighted by molar-refractivity contribution is 5.76. The molecule has 1 aromatic rings. The van der Waals surface area contributed by atoms with Gasteiger partial charge in [-0.25, -0.2) is 4.79 Å². The number of rotatable bonds is 6. The predicted molar refractivity (Wildman–Crippen MR) is 108 cm³/mol. The first-order valence-electron chi connectivity index (χ1n) is 10.5. The summed E-state index contributed by atoms with van der Waals surface area (Å²) in [4.78, 5) is 28.0. The summed E-state index contributed by atoms with van der Waals surface area (Å²) in [5.41, 5.74) is 2.61. The van der Waals surface area contributed by atoms with E-state index in [2.05, 4.69) is 29.6 Å². The van der Waals surface area contributed by atoms with Gasteiger partial charge in [-0.15, -0.1) is 0 Å². The highest BCUT2D eigenvalue weighted by Gasteiger charge is 2.22. The fourth-order valence-electron chi connectivity index (χ4n) is 4.15. The largest absolute Gasteiger partial charge is 0.343 e. The zero-order valence-electron chi connectivity index (χ0n) is 16.6. The molecule has 2 heterocycles. The molecule has 3 rings (SSSR count). The van der Waals surface area contributed by atoms with Crippen LogP contribution in [0.5, 0.6) is 0 Å². The van der Waals surface area contributed by atoms with E-state index < -0.39 is 0 Å². The van der Waals surface area contributed by atoms with Gasteiger partial charge in [-0.3, -0.25) is 4.79 Å². The third-order valence-corrected chi connectivity index (χ3v) is 5.86. The maximum Gasteiger partial charge on any atom is 0.317 e. The van der Waals surface area contributed by atoms with E-state index in [-0.39, 0.29) is 6.03 Å². The Bertz CT molecular complexity index is 615. The Hall–Kier alpha value is -2.04. The monoisotopic (exact) mass is 371 g/mol. The SMILES string of the molecule is CCNC(=O)N1CCC(Cc2ccc(CCC(=O)N3CCCC3)cc2)CC1. The van der Waals surface area contributed by atoms with Crippen molar-refractivity contribution in [3.63, 3.8) is 0 Å². The summed E-state index contributed by atoms with van der Waals surface area (Å²) in [6, 6.07) is 8.86. The van der Waals surface area contributed by atoms with Gasteiger partial charge in [0.25, 0.3) is 0 Å². The molecule has 0 atom stereocenters. The molecule has 5 heteroatoms. The lowest BCUT2D eigenvalue weighted by Gasteiger charge is -2.32. The molecule has 1 N–H and O–H groups in total. The van der Waals surface area contributed by atoms with Crippen LogP contribution in [0.25, 0.3) is 0 Å². The Morgan fingerprint density at radius 2 is 1.59 bits per heavy atom. The van der Waals surface area contributed by atoms with Gasteiger partial charge in [0, 0.05) is 39.1 Å². The third-order valence-electron chi connectivity index (χ3n) is 5.86. The van der Waals surface area contributed by atoms with Crippen LogP contribution in [0.15, 0.2) is 24.3 Å². The molecule has 0 bridgehead atoms. The van der Waals surface area contributed by atoms with Crippen LogP contribution in [0.1, 0.15) is 50.2 Å². The normalized spacial score (nSPS) is 18.0. The Labute approximate surface area is 163 Å². The van der Waals surface area contributed by atoms with E-state index in [1.54, 1.807) is 0 Å². The van der Waals surface area contributed by atoms with Crippen molar-refractivity contribution in [1.29, 1.82) is 0 Å². The number of carbonyl (C=O) groups excluding carboxylic acids is 2. The number of carbonyl (C=O) groups is 2. The average molecular weight is 372 g/mol. The van der Waals surface area contributed by atoms with Crippen LogP contribution in [0.2, 0.25) is 0 Å². The Kier molecular flexibility index (Phi) is 7.13. The molecule has 3 amide bonds. The van der Waals surface area contributed by atoms with E-state index in [0.717, 1.165) is 64.7 Å². The third kappa shape index (κ3) is 5.72. The van der Waals surface area contributed by atoms with Gasteiger partial charge in [-0.2, -0.15) is 0 Å². The quantitative estimate of drug-likeness (QED) is 0.835. The molecule has 2 saturated heterocycles. The molecule has 0 radical (unpaired) electrons. The fourth-order valence-corrected chi connectivity index (χ4v) is 4.15. The topological polar surface area (TPSA) is 52.7 Å². The Balaban J connectivity index is 1.40. The fraction of sp³-hybridized carbons (Fsp3) is 0.636. The minimum Gasteiger partial charge on any atom is -0.343 e. The highest BCUT2D eigenvalue weighted by atomic mass is 16.2. The van der Waals surface area contributed by atoms with E-state index in [0.29, 0.717) is 24.8 Å². The molecular formula is C22H33N3O2. The molecule has 148 valence electrons. The van der Waals surface area contributed by atoms with Crippen LogP contribution in [-0.4, -0.2) is 54.5 Å². The van der Waals surface area contributed by atoms with Crippen molar-refractivity contribution in [2.45, 2.75) is 51.9 Å². The second-order valence-electron chi connectivity index (χ2n) is 7.87. The predicted octanol–water partition coefficient (Wildman–Crippen LogP) is 3.23. The second kappa shape index (κ2) is 9.77. The lowest BCUT2D eigenvalue weighted by atomic mass is 9.90. The van der Waals surface area contributed by atoms with Crippen molar-refractivity contribution in [3.05, 3.63) is 35.4 Å². The summed E-state index contributed by atoms with van der Waals surface area (Å²) < 4.78 is 0. The summed E-state index contributed by atoms with van der Waals surface area (Å²) in [6.07, 6.45) is 6.99. The second-order valence-corrected chi connectivity index (χ2v) is 7.87. The molecular weight excluding hydrogens is 338 g/mol. The number of benzene rings is 1. The molecule has 0 unspecified atom stereocenters. The first kappa shape index (κ1) is 19.7. The van der Waals surface area contributed by atoms with Gasteiger partial charge in [-0.05, 0) is 62.5 Å². The smallest absolute Gasteiger partial charge is 0.317 e. The molecule has 0 aliphatic carbocycles. The Morgan fingerprint density at radius 3 is 2.22 bits per heavy atom. The standard InChI is InChI=1S/C22H33N3O2/c1-2-23-22(27)25-15-11-20(12-16-25)17-19-7-5-18(6-8-19)9-10-21(26)24-13-3-4-14-24/h5-8,20H,2-4,9-17H2,1H3,(H,23,27). The van der Waals surface area contributed by atoms with Crippen LogP contribution < -0.4 is 5.32 Å². The maximum atomic E-state index is 12.2. The highest BCUT2D eigenvalue weighted by Crippen LogP contribution is 2.22. The van der Waals surface area contributed by atoms with E-state index in [1.165, 1.54) is 11.1 Å². The summed E-state index contributed by atoms with van der Waals surface area (Å²) in [5.74, 6) is 0.953. The van der Waals surface area contributed by atoms with Crippen molar-refractivity contribution in [2.24, 2.45) is 5.92 Å². The number of piperidine rings is 1. The van der Waals surface area contributed by atoms with Crippen molar-refractivity contribution in [3.8, 4) is 0 Å². The number of nitrogens with one attached hydrogen (secondary N) is 1. The number of nitrogens with zero attached hydrogens (tertiary/aromatic N) is 2. The zero-order valence-corrected chi connectivity index (χ0v) is 16.6. The van der Waals surface area contributed by atoms with E-state index in [9.17, 15) is 9.59 Å². The van der Waals surface area contributed by atoms with Gasteiger partial charge in [0.2, 0.25) is 5.91 Å². The van der Waals surface area contributed by atoms with Crippen LogP contribution in [-0.2, 0) is 17.6 Å². The number of urea groups is 1. The summed E-state index contributed by atoms with van der Waals surface area (Å²) in [6.45, 7) is 6.24. The molecule has 2 aliphatic rings. The number of aryl methyl sites for hydroxylation is 1. The first-order chi connectivity index (χ1) is 13.2. The number of amides is 3. The lowest BCUT2D eigenvalue weighted by molar-refractivity contribution is -0.130. The molecule has 0 aromatic heterocycles. The van der Waals surface area contributed by atoms with Gasteiger partial charge < -0.3 is 15.1 Å². The van der Waals surface area contributed by atoms with E-state index in [1.807, 2.05) is 16.7 Å². The molecule has 2 aliphatic heterocycles. The van der Waals surface area contributed by atoms with Gasteiger partial charge in [0.15, 0.2) is 0 Å². The van der Waals surface area contributed by atoms with Crippen molar-refractivity contribution in [1.82, 2.24) is 15.1 Å². The zero-order chi connectivity index (χ0) is 19.1. The van der Waals surface area contributed by atoms with Gasteiger partial charge >= 0.3 is 6.03 Å². The van der Waals surface area contributed by atoms with Gasteiger partial charge in [0.05, 0.1) is 0 Å². The van der Waals surface area contributed by atoms with Crippen molar-refractivity contribution in [2.75, 3.05) is 32.7 Å². The molecule has 1 aromatic carbocycles. The summed E-state index contributed by atoms with van der Waals surface area (Å²) in [7, 11) is 0. The molecule has 2 fully saturated rings. The van der Waals surface area contributed by atoms with Crippen LogP contribution in [0, 0.1) is 5.92 Å². The Morgan fingerprint density at radius 1 is 0.963 bits per heavy atom. The minimum absolute atomic E-state index is 0.0729. The van der Waals surface area contributed by atoms with E-state index in [4.69, 9.17) is 0 Å². The van der Waals surface area contributed by atoms with Gasteiger partial charge in [0.1, 0.15) is 0 Å². The maximum absolute atomic E-state index is 12.2. The lowest BCUT2D eigenvalue weighted by Crippen LogP contribution is -2.44. The first-order valence-corrected chi connectivity index (χ1v) is 10.5. The van der Waals surface area contributed by atoms with Crippen LogP contribution in [0.4, 0.5) is 4.79 Å². The van der Waals surface area contributed by atoms with Crippen molar-refractivity contribution >= 4 is 11.9 Å². The van der Waals surface area contributed by atoms with E-state index >= 15 is 0 Å². The molecule has 0 saturated carbocycles. The van der Waals surface area contributed by atoms with Crippen LogP contribution in [0.3, 0.4) is 0 Å². The summed E-state index contributed by atoms with van der Waals surface area (Å²) >= 11 is 0. The van der Waals surface area contributed by atoms with Crippen LogP contribution >= 0.6 is 0 Å². The van der Waals surface area contributed by atoms with Gasteiger partial charge in [-0.1, -0.05) is 24.3 Å².